The molecular weight excluding hydrogens is 424 g/mol. The summed E-state index contributed by atoms with van der Waals surface area (Å²) in [5.74, 6) is 1.99. The van der Waals surface area contributed by atoms with Gasteiger partial charge in [-0.05, 0) is 103 Å². The van der Waals surface area contributed by atoms with Crippen LogP contribution in [0.5, 0.6) is 0 Å². The molecule has 0 radical (unpaired) electrons. The number of rotatable bonds is 1. The molecule has 4 fully saturated rings. The van der Waals surface area contributed by atoms with E-state index in [4.69, 9.17) is 4.74 Å². The minimum Gasteiger partial charge on any atom is -0.469 e. The Kier molecular flexibility index (Phi) is 5.55. The number of aliphatic hydroxyl groups excluding tert-OH is 2. The second kappa shape index (κ2) is 7.68. The van der Waals surface area contributed by atoms with E-state index in [1.807, 2.05) is 0 Å². The van der Waals surface area contributed by atoms with E-state index in [2.05, 4.69) is 47.3 Å². The number of carbonyl (C=O) groups excluding carboxylic acids is 1. The van der Waals surface area contributed by atoms with Gasteiger partial charge in [0.05, 0.1) is 18.6 Å². The molecule has 5 aliphatic carbocycles. The Morgan fingerprint density at radius 1 is 1.09 bits per heavy atom. The van der Waals surface area contributed by atoms with Crippen LogP contribution >= 0.6 is 0 Å². The molecule has 190 valence electrons. The SMILES string of the molecule is C=C1[C@@H](O)[C@H](O)C[C@]2(C)[C@H]3CC=C4[C@@H]5[C@@H](C)[C@H](C)CC[C@]5(C(=O)OC)CC[C@@]4(C)[C@]3(C)CC[C@@H]12. The Bertz CT molecular complexity index is 923. The smallest absolute Gasteiger partial charge is 0.312 e. The summed E-state index contributed by atoms with van der Waals surface area (Å²) in [5, 5.41) is 21.4. The number of methoxy groups -OCH3 is 1. The van der Waals surface area contributed by atoms with Crippen LogP contribution in [-0.4, -0.2) is 35.5 Å². The fourth-order valence-corrected chi connectivity index (χ4v) is 10.3. The predicted octanol–water partition coefficient (Wildman–Crippen LogP) is 5.68. The molecule has 0 spiro atoms. The Balaban J connectivity index is 1.61. The summed E-state index contributed by atoms with van der Waals surface area (Å²) in [4.78, 5) is 13.3. The van der Waals surface area contributed by atoms with Crippen molar-refractivity contribution in [1.82, 2.24) is 0 Å². The Hall–Kier alpha value is -1.13. The molecule has 34 heavy (non-hydrogen) atoms. The normalized spacial score (nSPS) is 54.6. The van der Waals surface area contributed by atoms with Crippen LogP contribution in [-0.2, 0) is 9.53 Å². The Morgan fingerprint density at radius 2 is 1.79 bits per heavy atom. The van der Waals surface area contributed by atoms with Crippen LogP contribution in [0.1, 0.15) is 86.0 Å². The lowest BCUT2D eigenvalue weighted by molar-refractivity contribution is -0.184. The molecule has 2 N–H and O–H groups in total. The third-order valence-corrected chi connectivity index (χ3v) is 12.7. The molecule has 0 bridgehead atoms. The number of allylic oxidation sites excluding steroid dienone is 2. The number of esters is 1. The average Bonchev–Trinajstić information content (AvgIpc) is 2.79. The highest BCUT2D eigenvalue weighted by Gasteiger charge is 2.69. The number of hydrogen-bond donors (Lipinski definition) is 2. The molecule has 0 amide bonds. The molecular formula is C30H46O4. The second-order valence-electron chi connectivity index (χ2n) is 13.6. The highest BCUT2D eigenvalue weighted by Crippen LogP contribution is 2.74. The largest absolute Gasteiger partial charge is 0.469 e. The molecule has 0 heterocycles. The Morgan fingerprint density at radius 3 is 2.47 bits per heavy atom. The molecule has 0 aliphatic heterocycles. The van der Waals surface area contributed by atoms with Crippen LogP contribution in [0.25, 0.3) is 0 Å². The third-order valence-electron chi connectivity index (χ3n) is 12.7. The summed E-state index contributed by atoms with van der Waals surface area (Å²) < 4.78 is 5.47. The van der Waals surface area contributed by atoms with Crippen molar-refractivity contribution in [2.75, 3.05) is 7.11 Å². The molecule has 5 rings (SSSR count). The summed E-state index contributed by atoms with van der Waals surface area (Å²) >= 11 is 0. The van der Waals surface area contributed by atoms with E-state index in [1.54, 1.807) is 7.11 Å². The second-order valence-corrected chi connectivity index (χ2v) is 13.6. The molecule has 0 aromatic heterocycles. The van der Waals surface area contributed by atoms with Crippen LogP contribution in [0, 0.1) is 51.2 Å². The zero-order valence-corrected chi connectivity index (χ0v) is 22.2. The summed E-state index contributed by atoms with van der Waals surface area (Å²) in [6.45, 7) is 16.4. The first-order valence-electron chi connectivity index (χ1n) is 13.7. The minimum atomic E-state index is -0.798. The predicted molar refractivity (Wildman–Crippen MR) is 134 cm³/mol. The van der Waals surface area contributed by atoms with E-state index >= 15 is 0 Å². The molecule has 0 aromatic carbocycles. The number of carbonyl (C=O) groups is 1. The molecule has 0 unspecified atom stereocenters. The maximum atomic E-state index is 13.3. The van der Waals surface area contributed by atoms with Gasteiger partial charge in [0.1, 0.15) is 6.10 Å². The molecule has 0 saturated heterocycles. The molecule has 0 aromatic rings. The zero-order valence-electron chi connectivity index (χ0n) is 22.2. The van der Waals surface area contributed by atoms with Crippen molar-refractivity contribution in [1.29, 1.82) is 0 Å². The molecule has 4 nitrogen and oxygen atoms in total. The maximum absolute atomic E-state index is 13.3. The van der Waals surface area contributed by atoms with Gasteiger partial charge in [-0.25, -0.2) is 0 Å². The van der Waals surface area contributed by atoms with Crippen molar-refractivity contribution in [2.45, 2.75) is 98.2 Å². The van der Waals surface area contributed by atoms with Gasteiger partial charge in [-0.3, -0.25) is 4.79 Å². The van der Waals surface area contributed by atoms with Crippen molar-refractivity contribution in [3.63, 3.8) is 0 Å². The van der Waals surface area contributed by atoms with E-state index in [-0.39, 0.29) is 39.5 Å². The lowest BCUT2D eigenvalue weighted by atomic mass is 9.34. The average molecular weight is 471 g/mol. The van der Waals surface area contributed by atoms with Gasteiger partial charge in [-0.1, -0.05) is 52.8 Å². The molecule has 4 saturated carbocycles. The quantitative estimate of drug-likeness (QED) is 0.382. The lowest BCUT2D eigenvalue weighted by Gasteiger charge is -2.70. The van der Waals surface area contributed by atoms with Crippen molar-refractivity contribution >= 4 is 5.97 Å². The maximum Gasteiger partial charge on any atom is 0.312 e. The van der Waals surface area contributed by atoms with Gasteiger partial charge >= 0.3 is 5.97 Å². The summed E-state index contributed by atoms with van der Waals surface area (Å²) in [6.07, 6.45) is 8.71. The van der Waals surface area contributed by atoms with Gasteiger partial charge in [-0.15, -0.1) is 0 Å². The number of ether oxygens (including phenoxy) is 1. The van der Waals surface area contributed by atoms with Gasteiger partial charge in [-0.2, -0.15) is 0 Å². The monoisotopic (exact) mass is 470 g/mol. The number of fused-ring (bicyclic) bond motifs is 7. The summed E-state index contributed by atoms with van der Waals surface area (Å²) in [5.41, 5.74) is 2.03. The third kappa shape index (κ3) is 2.82. The van der Waals surface area contributed by atoms with E-state index < -0.39 is 12.2 Å². The summed E-state index contributed by atoms with van der Waals surface area (Å²) in [6, 6.07) is 0. The van der Waals surface area contributed by atoms with E-state index in [9.17, 15) is 15.0 Å². The van der Waals surface area contributed by atoms with E-state index in [0.29, 0.717) is 24.2 Å². The van der Waals surface area contributed by atoms with Gasteiger partial charge in [0.25, 0.3) is 0 Å². The van der Waals surface area contributed by atoms with Crippen molar-refractivity contribution in [2.24, 2.45) is 51.2 Å². The fraction of sp³-hybridized carbons (Fsp3) is 0.833. The molecule has 4 heteroatoms. The topological polar surface area (TPSA) is 66.8 Å². The van der Waals surface area contributed by atoms with E-state index in [1.165, 1.54) is 5.57 Å². The summed E-state index contributed by atoms with van der Waals surface area (Å²) in [7, 11) is 1.56. The lowest BCUT2D eigenvalue weighted by Crippen LogP contribution is -2.64. The van der Waals surface area contributed by atoms with Gasteiger partial charge in [0, 0.05) is 0 Å². The zero-order chi connectivity index (χ0) is 24.8. The van der Waals surface area contributed by atoms with E-state index in [0.717, 1.165) is 50.5 Å². The molecule has 5 aliphatic rings. The van der Waals surface area contributed by atoms with Crippen molar-refractivity contribution < 1.29 is 19.7 Å². The van der Waals surface area contributed by atoms with Crippen LogP contribution in [0.3, 0.4) is 0 Å². The van der Waals surface area contributed by atoms with Crippen LogP contribution < -0.4 is 0 Å². The highest BCUT2D eigenvalue weighted by atomic mass is 16.5. The Labute approximate surface area is 206 Å². The minimum absolute atomic E-state index is 0.00263. The van der Waals surface area contributed by atoms with Gasteiger partial charge in [0.15, 0.2) is 0 Å². The highest BCUT2D eigenvalue weighted by molar-refractivity contribution is 5.78. The van der Waals surface area contributed by atoms with Crippen LogP contribution in [0.4, 0.5) is 0 Å². The van der Waals surface area contributed by atoms with Crippen molar-refractivity contribution in [3.8, 4) is 0 Å². The first kappa shape index (κ1) is 24.6. The van der Waals surface area contributed by atoms with Crippen LogP contribution in [0.2, 0.25) is 0 Å². The van der Waals surface area contributed by atoms with Gasteiger partial charge in [0.2, 0.25) is 0 Å². The van der Waals surface area contributed by atoms with Crippen LogP contribution in [0.15, 0.2) is 23.8 Å². The standard InChI is InChI=1S/C30H46O4/c1-17-10-13-30(26(33)34-7)15-14-28(5)21(24(30)18(17)2)8-9-23-27(4)16-22(31)25(32)19(3)20(27)11-12-29(23,28)6/h8,17-18,20,22-25,31-32H,3,9-16H2,1-2,4-7H3/t17-,18+,20+,22-,23-,24+,25-,27+,28-,29-,30+/m1/s1. The molecule has 11 atom stereocenters. The van der Waals surface area contributed by atoms with Gasteiger partial charge < -0.3 is 14.9 Å². The first-order chi connectivity index (χ1) is 15.9. The number of aliphatic hydroxyl groups is 2. The van der Waals surface area contributed by atoms with Crippen molar-refractivity contribution in [3.05, 3.63) is 23.8 Å². The number of hydrogen-bond acceptors (Lipinski definition) is 4. The fourth-order valence-electron chi connectivity index (χ4n) is 10.3. The first-order valence-corrected chi connectivity index (χ1v) is 13.7.